The molecule has 0 unspecified atom stereocenters. The number of hydrogen-bond donors (Lipinski definition) is 3. The van der Waals surface area contributed by atoms with E-state index in [4.69, 9.17) is 34.0 Å². The molecule has 0 aliphatic carbocycles. The van der Waals surface area contributed by atoms with Gasteiger partial charge in [0.1, 0.15) is 5.75 Å². The average molecular weight is 327 g/mol. The van der Waals surface area contributed by atoms with Crippen molar-refractivity contribution in [2.75, 3.05) is 0 Å². The first-order valence-corrected chi connectivity index (χ1v) is 5.08. The summed E-state index contributed by atoms with van der Waals surface area (Å²) in [5.41, 5.74) is 4.85. The van der Waals surface area contributed by atoms with Gasteiger partial charge in [-0.1, -0.05) is 23.2 Å². The number of phenols is 1. The monoisotopic (exact) mass is 325 g/mol. The van der Waals surface area contributed by atoms with Gasteiger partial charge < -0.3 is 15.9 Å². The number of phenolic OH excluding ortho intramolecular Hbond substituents is 1. The number of aliphatic hydroxyl groups is 1. The fraction of sp³-hybridized carbons (Fsp3) is 0.333. The minimum atomic E-state index is -4.90. The summed E-state index contributed by atoms with van der Waals surface area (Å²) >= 11 is 11.1. The Morgan fingerprint density at radius 2 is 1.72 bits per heavy atom. The maximum Gasteiger partial charge on any atom is 0.416 e. The Kier molecular flexibility index (Phi) is 6.03. The maximum atomic E-state index is 12.2. The van der Waals surface area contributed by atoms with E-state index in [1.54, 1.807) is 0 Å². The van der Waals surface area contributed by atoms with E-state index < -0.39 is 24.1 Å². The van der Waals surface area contributed by atoms with Crippen LogP contribution in [0.2, 0.25) is 10.0 Å². The van der Waals surface area contributed by atoms with Crippen LogP contribution in [0.1, 0.15) is 11.6 Å². The summed E-state index contributed by atoms with van der Waals surface area (Å²) in [6.07, 6.45) is -7.72. The summed E-state index contributed by atoms with van der Waals surface area (Å²) in [6.45, 7) is 0. The van der Waals surface area contributed by atoms with Gasteiger partial charge in [0.2, 0.25) is 0 Å². The van der Waals surface area contributed by atoms with Gasteiger partial charge in [0, 0.05) is 10.6 Å². The number of halogens is 6. The van der Waals surface area contributed by atoms with Gasteiger partial charge in [0.05, 0.1) is 11.1 Å². The minimum Gasteiger partial charge on any atom is -0.506 e. The third-order valence-electron chi connectivity index (χ3n) is 2.09. The fourth-order valence-electron chi connectivity index (χ4n) is 1.21. The highest BCUT2D eigenvalue weighted by molar-refractivity contribution is 6.35. The second-order valence-electron chi connectivity index (χ2n) is 3.34. The quantitative estimate of drug-likeness (QED) is 0.782. The second-order valence-corrected chi connectivity index (χ2v) is 4.18. The SMILES string of the molecule is Cl.N[C@@H](c1cc(Cl)cc(Cl)c1O)[C@H](O)C(F)(F)F. The van der Waals surface area contributed by atoms with Crippen LogP contribution >= 0.6 is 35.6 Å². The van der Waals surface area contributed by atoms with Crippen LogP contribution in [0, 0.1) is 0 Å². The molecule has 0 radical (unpaired) electrons. The molecule has 0 fully saturated rings. The van der Waals surface area contributed by atoms with Crippen LogP contribution in [0.4, 0.5) is 13.2 Å². The molecule has 4 N–H and O–H groups in total. The van der Waals surface area contributed by atoms with Gasteiger partial charge in [0.25, 0.3) is 0 Å². The number of hydrogen-bond acceptors (Lipinski definition) is 3. The molecule has 3 nitrogen and oxygen atoms in total. The van der Waals surface area contributed by atoms with Gasteiger partial charge in [-0.3, -0.25) is 0 Å². The van der Waals surface area contributed by atoms with E-state index in [-0.39, 0.29) is 28.0 Å². The van der Waals surface area contributed by atoms with Crippen LogP contribution in [-0.4, -0.2) is 22.5 Å². The lowest BCUT2D eigenvalue weighted by atomic mass is 10.0. The Bertz CT molecular complexity index is 428. The third kappa shape index (κ3) is 3.80. The molecule has 0 aromatic heterocycles. The van der Waals surface area contributed by atoms with Gasteiger partial charge >= 0.3 is 6.18 Å². The van der Waals surface area contributed by atoms with E-state index in [0.717, 1.165) is 12.1 Å². The van der Waals surface area contributed by atoms with Gasteiger partial charge in [-0.25, -0.2) is 0 Å². The number of benzene rings is 1. The van der Waals surface area contributed by atoms with Crippen molar-refractivity contribution in [1.82, 2.24) is 0 Å². The summed E-state index contributed by atoms with van der Waals surface area (Å²) in [6, 6.07) is 0.294. The Balaban J connectivity index is 0.00000289. The van der Waals surface area contributed by atoms with Crippen molar-refractivity contribution in [3.05, 3.63) is 27.7 Å². The molecule has 0 saturated heterocycles. The molecule has 18 heavy (non-hydrogen) atoms. The number of alkyl halides is 3. The normalized spacial score (nSPS) is 14.8. The topological polar surface area (TPSA) is 66.5 Å². The molecule has 0 spiro atoms. The summed E-state index contributed by atoms with van der Waals surface area (Å²) in [5.74, 6) is -0.633. The van der Waals surface area contributed by atoms with Crippen molar-refractivity contribution in [2.45, 2.75) is 18.3 Å². The molecular weight excluding hydrogens is 317 g/mol. The Morgan fingerprint density at radius 3 is 2.17 bits per heavy atom. The second kappa shape index (κ2) is 6.16. The molecule has 104 valence electrons. The van der Waals surface area contributed by atoms with E-state index in [9.17, 15) is 18.3 Å². The molecule has 1 aromatic carbocycles. The van der Waals surface area contributed by atoms with E-state index in [2.05, 4.69) is 0 Å². The molecule has 0 aliphatic heterocycles. The van der Waals surface area contributed by atoms with Crippen LogP contribution < -0.4 is 5.73 Å². The number of rotatable bonds is 2. The van der Waals surface area contributed by atoms with Crippen LogP contribution in [0.25, 0.3) is 0 Å². The van der Waals surface area contributed by atoms with E-state index in [1.165, 1.54) is 0 Å². The molecule has 0 amide bonds. The average Bonchev–Trinajstić information content (AvgIpc) is 2.20. The first-order valence-electron chi connectivity index (χ1n) is 4.33. The summed E-state index contributed by atoms with van der Waals surface area (Å²) in [5, 5.41) is 18.2. The van der Waals surface area contributed by atoms with Crippen molar-refractivity contribution in [1.29, 1.82) is 0 Å². The fourth-order valence-corrected chi connectivity index (χ4v) is 1.72. The Hall–Kier alpha value is -0.400. The van der Waals surface area contributed by atoms with Crippen LogP contribution in [0.3, 0.4) is 0 Å². The molecule has 9 heteroatoms. The lowest BCUT2D eigenvalue weighted by molar-refractivity contribution is -0.210. The first-order chi connectivity index (χ1) is 7.64. The smallest absolute Gasteiger partial charge is 0.416 e. The van der Waals surface area contributed by atoms with Crippen LogP contribution in [0.5, 0.6) is 5.75 Å². The van der Waals surface area contributed by atoms with Crippen molar-refractivity contribution in [3.8, 4) is 5.75 Å². The molecule has 0 aliphatic rings. The molecule has 0 bridgehead atoms. The van der Waals surface area contributed by atoms with Crippen molar-refractivity contribution in [2.24, 2.45) is 5.73 Å². The van der Waals surface area contributed by atoms with Crippen LogP contribution in [-0.2, 0) is 0 Å². The molecule has 1 rings (SSSR count). The van der Waals surface area contributed by atoms with E-state index >= 15 is 0 Å². The highest BCUT2D eigenvalue weighted by atomic mass is 35.5. The van der Waals surface area contributed by atoms with Crippen molar-refractivity contribution in [3.63, 3.8) is 0 Å². The van der Waals surface area contributed by atoms with Gasteiger partial charge in [0.15, 0.2) is 6.10 Å². The zero-order valence-corrected chi connectivity index (χ0v) is 10.9. The number of nitrogens with two attached hydrogens (primary N) is 1. The molecule has 0 heterocycles. The van der Waals surface area contributed by atoms with Gasteiger partial charge in [-0.05, 0) is 12.1 Å². The van der Waals surface area contributed by atoms with Gasteiger partial charge in [-0.15, -0.1) is 12.4 Å². The lowest BCUT2D eigenvalue weighted by Crippen LogP contribution is -2.38. The maximum absolute atomic E-state index is 12.2. The largest absolute Gasteiger partial charge is 0.506 e. The summed E-state index contributed by atoms with van der Waals surface area (Å²) < 4.78 is 36.7. The summed E-state index contributed by atoms with van der Waals surface area (Å²) in [4.78, 5) is 0. The molecule has 0 saturated carbocycles. The van der Waals surface area contributed by atoms with Crippen molar-refractivity contribution < 1.29 is 23.4 Å². The minimum absolute atomic E-state index is 0. The highest BCUT2D eigenvalue weighted by Gasteiger charge is 2.43. The molecule has 2 atom stereocenters. The zero-order chi connectivity index (χ0) is 13.4. The first kappa shape index (κ1) is 17.6. The summed E-state index contributed by atoms with van der Waals surface area (Å²) in [7, 11) is 0. The molecule has 1 aromatic rings. The van der Waals surface area contributed by atoms with E-state index in [0.29, 0.717) is 0 Å². The lowest BCUT2D eigenvalue weighted by Gasteiger charge is -2.22. The zero-order valence-electron chi connectivity index (χ0n) is 8.58. The number of aliphatic hydroxyl groups excluding tert-OH is 1. The molecular formula is C9H9Cl3F3NO2. The van der Waals surface area contributed by atoms with E-state index in [1.807, 2.05) is 0 Å². The Morgan fingerprint density at radius 1 is 1.22 bits per heavy atom. The predicted octanol–water partition coefficient (Wildman–Crippen LogP) is 3.04. The third-order valence-corrected chi connectivity index (χ3v) is 2.60. The number of aromatic hydroxyl groups is 1. The van der Waals surface area contributed by atoms with Gasteiger partial charge in [-0.2, -0.15) is 13.2 Å². The van der Waals surface area contributed by atoms with Crippen molar-refractivity contribution >= 4 is 35.6 Å². The standard InChI is InChI=1S/C9H8Cl2F3NO2.ClH/c10-3-1-4(7(16)5(11)2-3)6(15)8(17)9(12,13)14;/h1-2,6,8,16-17H,15H2;1H/t6-,8-;/m0./s1. The predicted molar refractivity (Wildman–Crippen MR) is 64.4 cm³/mol. The Labute approximate surface area is 117 Å². The highest BCUT2D eigenvalue weighted by Crippen LogP contribution is 2.38. The van der Waals surface area contributed by atoms with Crippen LogP contribution in [0.15, 0.2) is 12.1 Å².